The van der Waals surface area contributed by atoms with Gasteiger partial charge in [-0.05, 0) is 38.5 Å². The molecule has 0 aromatic heterocycles. The first kappa shape index (κ1) is 47.9. The molecule has 0 bridgehead atoms. The number of phosphoric ester groups is 1. The molecular formula is C39H77N2O7P. The van der Waals surface area contributed by atoms with E-state index < -0.39 is 38.6 Å². The number of aliphatic hydroxyl groups is 2. The smallest absolute Gasteiger partial charge is 0.393 e. The van der Waals surface area contributed by atoms with Gasteiger partial charge in [-0.25, -0.2) is 4.57 Å². The molecule has 0 heterocycles. The van der Waals surface area contributed by atoms with E-state index in [-0.39, 0.29) is 19.6 Å². The number of nitrogens with one attached hydrogen (secondary N) is 1. The van der Waals surface area contributed by atoms with Crippen molar-refractivity contribution in [2.75, 3.05) is 19.8 Å². The fraction of sp³-hybridized carbons (Fsp3) is 0.872. The third-order valence-electron chi connectivity index (χ3n) is 8.83. The summed E-state index contributed by atoms with van der Waals surface area (Å²) in [5.41, 5.74) is 5.34. The van der Waals surface area contributed by atoms with Crippen molar-refractivity contribution in [1.29, 1.82) is 0 Å². The van der Waals surface area contributed by atoms with Crippen molar-refractivity contribution in [3.8, 4) is 0 Å². The predicted octanol–water partition coefficient (Wildman–Crippen LogP) is 9.58. The molecule has 0 aliphatic heterocycles. The van der Waals surface area contributed by atoms with Crippen LogP contribution in [0.4, 0.5) is 0 Å². The second-order valence-corrected chi connectivity index (χ2v) is 15.1. The number of aliphatic hydroxyl groups excluding tert-OH is 2. The first-order valence-corrected chi connectivity index (χ1v) is 21.5. The molecule has 0 radical (unpaired) electrons. The van der Waals surface area contributed by atoms with Gasteiger partial charge in [0.25, 0.3) is 0 Å². The average molecular weight is 717 g/mol. The van der Waals surface area contributed by atoms with Gasteiger partial charge in [-0.2, -0.15) is 0 Å². The number of nitrogens with two attached hydrogens (primary N) is 1. The molecule has 0 spiro atoms. The molecule has 0 aliphatic rings. The Morgan fingerprint density at radius 1 is 0.694 bits per heavy atom. The second kappa shape index (κ2) is 35.3. The van der Waals surface area contributed by atoms with E-state index in [1.54, 1.807) is 6.08 Å². The zero-order chi connectivity index (χ0) is 36.3. The van der Waals surface area contributed by atoms with E-state index in [4.69, 9.17) is 14.8 Å². The van der Waals surface area contributed by atoms with Gasteiger partial charge in [-0.15, -0.1) is 0 Å². The molecule has 0 aromatic carbocycles. The van der Waals surface area contributed by atoms with Crippen molar-refractivity contribution in [2.45, 2.75) is 199 Å². The van der Waals surface area contributed by atoms with Crippen molar-refractivity contribution in [2.24, 2.45) is 5.73 Å². The first-order valence-electron chi connectivity index (χ1n) is 20.0. The molecule has 1 amide bonds. The minimum atomic E-state index is -4.39. The lowest BCUT2D eigenvalue weighted by Gasteiger charge is -2.24. The number of hydrogen-bond donors (Lipinski definition) is 5. The summed E-state index contributed by atoms with van der Waals surface area (Å²) in [6.07, 6.45) is 35.7. The molecular weight excluding hydrogens is 639 g/mol. The van der Waals surface area contributed by atoms with Gasteiger partial charge >= 0.3 is 7.82 Å². The number of unbranched alkanes of at least 4 members (excludes halogenated alkanes) is 21. The minimum Gasteiger partial charge on any atom is -0.393 e. The first-order chi connectivity index (χ1) is 23.8. The summed E-state index contributed by atoms with van der Waals surface area (Å²) in [6, 6.07) is -0.985. The molecule has 0 saturated carbocycles. The van der Waals surface area contributed by atoms with Gasteiger partial charge in [0.1, 0.15) is 0 Å². The SMILES string of the molecule is CCCC/C=C\CCCCC(O)CC(=O)NC(COP(=O)(O)OCCN)C(O)/C=C/CCCCCCCCCCCCCCCCCCC. The highest BCUT2D eigenvalue weighted by Gasteiger charge is 2.27. The third-order valence-corrected chi connectivity index (χ3v) is 9.81. The molecule has 0 rings (SSSR count). The molecule has 6 N–H and O–H groups in total. The number of rotatable bonds is 37. The van der Waals surface area contributed by atoms with Crippen LogP contribution < -0.4 is 11.1 Å². The maximum Gasteiger partial charge on any atom is 0.472 e. The van der Waals surface area contributed by atoms with Crippen LogP contribution in [0.15, 0.2) is 24.3 Å². The van der Waals surface area contributed by atoms with E-state index in [1.165, 1.54) is 109 Å². The lowest BCUT2D eigenvalue weighted by molar-refractivity contribution is -0.124. The van der Waals surface area contributed by atoms with Crippen LogP contribution in [-0.2, 0) is 18.4 Å². The number of carbonyl (C=O) groups excluding carboxylic acids is 1. The largest absolute Gasteiger partial charge is 0.472 e. The summed E-state index contributed by atoms with van der Waals surface area (Å²) in [4.78, 5) is 22.6. The monoisotopic (exact) mass is 717 g/mol. The molecule has 0 aromatic rings. The molecule has 4 atom stereocenters. The van der Waals surface area contributed by atoms with Crippen molar-refractivity contribution in [1.82, 2.24) is 5.32 Å². The fourth-order valence-electron chi connectivity index (χ4n) is 5.74. The Balaban J connectivity index is 4.33. The van der Waals surface area contributed by atoms with Crippen molar-refractivity contribution in [3.63, 3.8) is 0 Å². The van der Waals surface area contributed by atoms with E-state index >= 15 is 0 Å². The summed E-state index contributed by atoms with van der Waals surface area (Å²) in [5, 5.41) is 23.8. The Bertz CT molecular complexity index is 842. The van der Waals surface area contributed by atoms with Crippen LogP contribution in [0.3, 0.4) is 0 Å². The topological polar surface area (TPSA) is 151 Å². The van der Waals surface area contributed by atoms with Crippen LogP contribution in [0.5, 0.6) is 0 Å². The lowest BCUT2D eigenvalue weighted by Crippen LogP contribution is -2.46. The van der Waals surface area contributed by atoms with Crippen molar-refractivity contribution < 1.29 is 33.5 Å². The van der Waals surface area contributed by atoms with Crippen molar-refractivity contribution >= 4 is 13.7 Å². The Labute approximate surface area is 300 Å². The van der Waals surface area contributed by atoms with Gasteiger partial charge < -0.3 is 26.2 Å². The van der Waals surface area contributed by atoms with Crippen LogP contribution in [0, 0.1) is 0 Å². The van der Waals surface area contributed by atoms with E-state index in [2.05, 4.69) is 31.3 Å². The van der Waals surface area contributed by atoms with Gasteiger partial charge in [0, 0.05) is 6.54 Å². The Kier molecular flexibility index (Phi) is 34.6. The predicted molar refractivity (Wildman–Crippen MR) is 204 cm³/mol. The Morgan fingerprint density at radius 3 is 1.69 bits per heavy atom. The van der Waals surface area contributed by atoms with Gasteiger partial charge in [0.05, 0.1) is 37.9 Å². The summed E-state index contributed by atoms with van der Waals surface area (Å²) in [5.74, 6) is -0.461. The van der Waals surface area contributed by atoms with Crippen LogP contribution in [0.25, 0.3) is 0 Å². The molecule has 0 saturated heterocycles. The zero-order valence-corrected chi connectivity index (χ0v) is 32.4. The van der Waals surface area contributed by atoms with Crippen LogP contribution in [0.1, 0.15) is 181 Å². The van der Waals surface area contributed by atoms with E-state index in [1.807, 2.05) is 6.08 Å². The number of amides is 1. The van der Waals surface area contributed by atoms with Crippen molar-refractivity contribution in [3.05, 3.63) is 24.3 Å². The second-order valence-electron chi connectivity index (χ2n) is 13.7. The molecule has 290 valence electrons. The number of phosphoric acid groups is 1. The summed E-state index contributed by atoms with van der Waals surface area (Å²) in [7, 11) is -4.39. The quantitative estimate of drug-likeness (QED) is 0.0242. The molecule has 4 unspecified atom stereocenters. The summed E-state index contributed by atoms with van der Waals surface area (Å²) in [6.45, 7) is 3.89. The minimum absolute atomic E-state index is 0.0475. The normalized spacial score (nSPS) is 15.1. The van der Waals surface area contributed by atoms with E-state index in [0.717, 1.165) is 44.9 Å². The fourth-order valence-corrected chi connectivity index (χ4v) is 6.50. The molecule has 10 heteroatoms. The standard InChI is InChI=1S/C39H77N2O7P/c1-3-5-7-9-11-13-14-15-16-17-18-19-20-21-22-23-25-27-29-31-38(43)37(35-48-49(45,46)47-33-32-40)41-39(44)34-36(42)30-28-26-24-12-10-8-6-4-2/h10,12,29,31,36-38,42-43H,3-9,11,13-28,30,32-35,40H2,1-2H3,(H,41,44)(H,45,46)/b12-10-,31-29+. The molecule has 0 fully saturated rings. The lowest BCUT2D eigenvalue weighted by atomic mass is 10.0. The molecule has 9 nitrogen and oxygen atoms in total. The van der Waals surface area contributed by atoms with Crippen LogP contribution in [0.2, 0.25) is 0 Å². The number of allylic oxidation sites excluding steroid dienone is 3. The maximum absolute atomic E-state index is 12.7. The average Bonchev–Trinajstić information content (AvgIpc) is 3.07. The van der Waals surface area contributed by atoms with Gasteiger partial charge in [0.2, 0.25) is 5.91 Å². The zero-order valence-electron chi connectivity index (χ0n) is 31.5. The molecule has 49 heavy (non-hydrogen) atoms. The van der Waals surface area contributed by atoms with Gasteiger partial charge in [-0.1, -0.05) is 160 Å². The maximum atomic E-state index is 12.7. The highest BCUT2D eigenvalue weighted by molar-refractivity contribution is 7.47. The number of hydrogen-bond acceptors (Lipinski definition) is 7. The highest BCUT2D eigenvalue weighted by Crippen LogP contribution is 2.43. The third kappa shape index (κ3) is 33.8. The highest BCUT2D eigenvalue weighted by atomic mass is 31.2. The van der Waals surface area contributed by atoms with E-state index in [0.29, 0.717) is 6.42 Å². The van der Waals surface area contributed by atoms with Gasteiger partial charge in [0.15, 0.2) is 0 Å². The van der Waals surface area contributed by atoms with Crippen LogP contribution >= 0.6 is 7.82 Å². The van der Waals surface area contributed by atoms with Gasteiger partial charge in [-0.3, -0.25) is 13.8 Å². The van der Waals surface area contributed by atoms with Crippen LogP contribution in [-0.4, -0.2) is 59.0 Å². The summed E-state index contributed by atoms with van der Waals surface area (Å²) >= 11 is 0. The Morgan fingerprint density at radius 2 is 1.16 bits per heavy atom. The summed E-state index contributed by atoms with van der Waals surface area (Å²) < 4.78 is 22.0. The Hall–Kier alpha value is -1.06. The molecule has 0 aliphatic carbocycles. The number of carbonyl (C=O) groups is 1. The van der Waals surface area contributed by atoms with E-state index in [9.17, 15) is 24.5 Å².